The van der Waals surface area contributed by atoms with Crippen LogP contribution in [0.1, 0.15) is 33.5 Å². The number of nitrogens with zero attached hydrogens (tertiary/aromatic N) is 2. The predicted molar refractivity (Wildman–Crippen MR) is 123 cm³/mol. The van der Waals surface area contributed by atoms with Crippen molar-refractivity contribution >= 4 is 11.4 Å². The molecule has 1 aromatic carbocycles. The first kappa shape index (κ1) is 20.0. The van der Waals surface area contributed by atoms with Gasteiger partial charge in [-0.1, -0.05) is 42.5 Å². The molecule has 4 heterocycles. The van der Waals surface area contributed by atoms with E-state index in [0.717, 1.165) is 28.2 Å². The number of hydrogen-bond acceptors (Lipinski definition) is 6. The first-order valence-electron chi connectivity index (χ1n) is 10.5. The fourth-order valence-corrected chi connectivity index (χ4v) is 4.20. The van der Waals surface area contributed by atoms with Gasteiger partial charge in [0.1, 0.15) is 18.0 Å². The van der Waals surface area contributed by atoms with E-state index in [2.05, 4.69) is 38.5 Å². The maximum atomic E-state index is 11.9. The molecule has 0 saturated carbocycles. The van der Waals surface area contributed by atoms with E-state index < -0.39 is 5.91 Å². The minimum Gasteiger partial charge on any atom is -0.364 e. The highest BCUT2D eigenvalue weighted by atomic mass is 16.1. The van der Waals surface area contributed by atoms with E-state index in [4.69, 9.17) is 5.73 Å². The lowest BCUT2D eigenvalue weighted by Gasteiger charge is -2.36. The number of aromatic nitrogens is 2. The molecule has 8 nitrogen and oxygen atoms in total. The summed E-state index contributed by atoms with van der Waals surface area (Å²) in [6, 6.07) is 15.7. The summed E-state index contributed by atoms with van der Waals surface area (Å²) in [7, 11) is 0. The Hall–Kier alpha value is -3.88. The first-order valence-corrected chi connectivity index (χ1v) is 10.5. The van der Waals surface area contributed by atoms with Crippen LogP contribution in [0.4, 0.5) is 0 Å². The molecule has 162 valence electrons. The van der Waals surface area contributed by atoms with Crippen LogP contribution in [-0.4, -0.2) is 21.7 Å². The van der Waals surface area contributed by atoms with Crippen molar-refractivity contribution in [1.82, 2.24) is 30.9 Å². The van der Waals surface area contributed by atoms with Gasteiger partial charge in [-0.05, 0) is 36.8 Å². The molecule has 0 spiro atoms. The van der Waals surface area contributed by atoms with Crippen molar-refractivity contribution in [3.8, 4) is 0 Å². The van der Waals surface area contributed by atoms with Crippen molar-refractivity contribution in [2.45, 2.75) is 25.8 Å². The largest absolute Gasteiger partial charge is 0.364 e. The second kappa shape index (κ2) is 8.33. The van der Waals surface area contributed by atoms with Crippen molar-refractivity contribution in [2.24, 2.45) is 5.73 Å². The number of aryl methyl sites for hydroxylation is 1. The highest BCUT2D eigenvalue weighted by Gasteiger charge is 2.31. The van der Waals surface area contributed by atoms with Gasteiger partial charge < -0.3 is 16.4 Å². The third-order valence-electron chi connectivity index (χ3n) is 5.70. The third-order valence-corrected chi connectivity index (χ3v) is 5.70. The summed E-state index contributed by atoms with van der Waals surface area (Å²) in [6.07, 6.45) is 7.55. The Balaban J connectivity index is 1.52. The Morgan fingerprint density at radius 2 is 2.00 bits per heavy atom. The maximum Gasteiger partial charge on any atom is 0.267 e. The second-order valence-corrected chi connectivity index (χ2v) is 7.80. The molecule has 1 amide bonds. The van der Waals surface area contributed by atoms with Crippen LogP contribution in [0.2, 0.25) is 0 Å². The van der Waals surface area contributed by atoms with Gasteiger partial charge in [-0.3, -0.25) is 15.4 Å². The number of benzene rings is 1. The predicted octanol–water partition coefficient (Wildman–Crippen LogP) is 1.93. The Labute approximate surface area is 185 Å². The van der Waals surface area contributed by atoms with Crippen LogP contribution in [0.5, 0.6) is 0 Å². The van der Waals surface area contributed by atoms with Crippen molar-refractivity contribution in [3.05, 3.63) is 107 Å². The number of carbonyl (C=O) groups is 1. The zero-order chi connectivity index (χ0) is 22.1. The van der Waals surface area contributed by atoms with Gasteiger partial charge in [0.15, 0.2) is 0 Å². The van der Waals surface area contributed by atoms with Crippen molar-refractivity contribution in [2.75, 3.05) is 0 Å². The zero-order valence-electron chi connectivity index (χ0n) is 17.7. The standard InChI is InChI=1S/C24H25N7O/c1-15-20(18-11-7-12-19(22(25)32)31(18)30-15)23-28-17-10-5-6-13-26-21(17)24(29-23)27-14-16-8-3-2-4-9-16/h2-13,23-24,26-29H,14H2,1H3,(H2,25,32). The maximum absolute atomic E-state index is 11.9. The van der Waals surface area contributed by atoms with Crippen LogP contribution in [-0.2, 0) is 6.54 Å². The topological polar surface area (TPSA) is 109 Å². The molecule has 0 aliphatic carbocycles. The van der Waals surface area contributed by atoms with Crippen molar-refractivity contribution in [3.63, 3.8) is 0 Å². The van der Waals surface area contributed by atoms with E-state index in [9.17, 15) is 4.79 Å². The smallest absolute Gasteiger partial charge is 0.267 e. The average molecular weight is 428 g/mol. The number of hydrogen-bond donors (Lipinski definition) is 5. The molecule has 2 atom stereocenters. The molecule has 0 fully saturated rings. The van der Waals surface area contributed by atoms with Crippen LogP contribution < -0.4 is 27.0 Å². The molecule has 2 aromatic heterocycles. The molecule has 8 heteroatoms. The minimum absolute atomic E-state index is 0.141. The summed E-state index contributed by atoms with van der Waals surface area (Å²) in [5, 5.41) is 18.8. The number of primary amides is 1. The van der Waals surface area contributed by atoms with E-state index in [-0.39, 0.29) is 12.3 Å². The SMILES string of the molecule is Cc1nn2c(C(N)=O)cccc2c1C1NC2=C(NC=CC=C2)C(NCc2ccccc2)N1. The number of rotatable bonds is 5. The Kier molecular flexibility index (Phi) is 5.22. The van der Waals surface area contributed by atoms with Crippen LogP contribution in [0.3, 0.4) is 0 Å². The number of fused-ring (bicyclic) bond motifs is 1. The molecule has 32 heavy (non-hydrogen) atoms. The fourth-order valence-electron chi connectivity index (χ4n) is 4.20. The summed E-state index contributed by atoms with van der Waals surface area (Å²) < 4.78 is 1.62. The van der Waals surface area contributed by atoms with E-state index in [0.29, 0.717) is 12.2 Å². The van der Waals surface area contributed by atoms with E-state index in [1.807, 2.05) is 61.7 Å². The molecule has 6 N–H and O–H groups in total. The number of nitrogens with two attached hydrogens (primary N) is 1. The van der Waals surface area contributed by atoms with Crippen LogP contribution in [0, 0.1) is 6.92 Å². The summed E-state index contributed by atoms with van der Waals surface area (Å²) >= 11 is 0. The summed E-state index contributed by atoms with van der Waals surface area (Å²) in [5.41, 5.74) is 11.7. The van der Waals surface area contributed by atoms with Gasteiger partial charge in [-0.25, -0.2) is 4.52 Å². The van der Waals surface area contributed by atoms with Gasteiger partial charge in [-0.15, -0.1) is 0 Å². The highest BCUT2D eigenvalue weighted by Crippen LogP contribution is 2.28. The molecule has 5 rings (SSSR count). The quantitative estimate of drug-likeness (QED) is 0.426. The molecule has 0 saturated heterocycles. The van der Waals surface area contributed by atoms with Crippen LogP contribution in [0.15, 0.2) is 84.4 Å². The minimum atomic E-state index is -0.511. The van der Waals surface area contributed by atoms with Gasteiger partial charge in [0.2, 0.25) is 0 Å². The number of allylic oxidation sites excluding steroid dienone is 3. The Morgan fingerprint density at radius 1 is 1.16 bits per heavy atom. The molecule has 0 radical (unpaired) electrons. The van der Waals surface area contributed by atoms with Gasteiger partial charge >= 0.3 is 0 Å². The zero-order valence-corrected chi connectivity index (χ0v) is 17.7. The van der Waals surface area contributed by atoms with Gasteiger partial charge in [0.25, 0.3) is 5.91 Å². The molecular formula is C24H25N7O. The van der Waals surface area contributed by atoms with Gasteiger partial charge in [0.05, 0.1) is 22.6 Å². The number of pyridine rings is 1. The van der Waals surface area contributed by atoms with Crippen molar-refractivity contribution in [1.29, 1.82) is 0 Å². The molecular weight excluding hydrogens is 402 g/mol. The number of nitrogens with one attached hydrogen (secondary N) is 4. The molecule has 2 aliphatic rings. The van der Waals surface area contributed by atoms with E-state index >= 15 is 0 Å². The first-order chi connectivity index (χ1) is 15.6. The Bertz CT molecular complexity index is 1260. The summed E-state index contributed by atoms with van der Waals surface area (Å²) in [4.78, 5) is 11.9. The number of carbonyl (C=O) groups excluding carboxylic acids is 1. The average Bonchev–Trinajstić information content (AvgIpc) is 2.96. The lowest BCUT2D eigenvalue weighted by molar-refractivity contribution is 0.0993. The van der Waals surface area contributed by atoms with Crippen molar-refractivity contribution < 1.29 is 4.79 Å². The van der Waals surface area contributed by atoms with Gasteiger partial charge in [-0.2, -0.15) is 5.10 Å². The molecule has 3 aromatic rings. The normalized spacial score (nSPS) is 19.9. The summed E-state index contributed by atoms with van der Waals surface area (Å²) in [5.74, 6) is -0.511. The second-order valence-electron chi connectivity index (χ2n) is 7.80. The number of amides is 1. The molecule has 2 aliphatic heterocycles. The monoisotopic (exact) mass is 427 g/mol. The fraction of sp³-hybridized carbons (Fsp3) is 0.167. The molecule has 0 bridgehead atoms. The molecule has 2 unspecified atom stereocenters. The highest BCUT2D eigenvalue weighted by molar-refractivity contribution is 5.92. The lowest BCUT2D eigenvalue weighted by atomic mass is 10.1. The third kappa shape index (κ3) is 3.66. The van der Waals surface area contributed by atoms with E-state index in [1.54, 1.807) is 10.6 Å². The summed E-state index contributed by atoms with van der Waals surface area (Å²) in [6.45, 7) is 2.65. The van der Waals surface area contributed by atoms with Gasteiger partial charge in [0, 0.05) is 18.3 Å². The van der Waals surface area contributed by atoms with E-state index in [1.165, 1.54) is 5.56 Å². The lowest BCUT2D eigenvalue weighted by Crippen LogP contribution is -2.55. The van der Waals surface area contributed by atoms with Crippen LogP contribution in [0.25, 0.3) is 5.52 Å². The van der Waals surface area contributed by atoms with Crippen LogP contribution >= 0.6 is 0 Å². The Morgan fingerprint density at radius 3 is 2.81 bits per heavy atom.